The highest BCUT2D eigenvalue weighted by atomic mass is 16.6. The summed E-state index contributed by atoms with van der Waals surface area (Å²) in [5.74, 6) is 2.50. The van der Waals surface area contributed by atoms with E-state index in [0.717, 1.165) is 69.3 Å². The number of aromatic nitrogens is 2. The predicted molar refractivity (Wildman–Crippen MR) is 252 cm³/mol. The zero-order valence-electron chi connectivity index (χ0n) is 38.0. The van der Waals surface area contributed by atoms with Gasteiger partial charge in [0.2, 0.25) is 0 Å². The Labute approximate surface area is 381 Å². The molecule has 65 heavy (non-hydrogen) atoms. The third-order valence-corrected chi connectivity index (χ3v) is 12.9. The van der Waals surface area contributed by atoms with Crippen molar-refractivity contribution in [1.82, 2.24) is 29.6 Å². The van der Waals surface area contributed by atoms with Crippen molar-refractivity contribution in [2.75, 3.05) is 64.9 Å². The van der Waals surface area contributed by atoms with Gasteiger partial charge in [-0.25, -0.2) is 9.78 Å². The van der Waals surface area contributed by atoms with E-state index in [-0.39, 0.29) is 24.2 Å². The number of hydrogen-bond donors (Lipinski definition) is 2. The van der Waals surface area contributed by atoms with Gasteiger partial charge in [-0.2, -0.15) is 0 Å². The molecule has 3 aliphatic rings. The lowest BCUT2D eigenvalue weighted by atomic mass is 9.82. The van der Waals surface area contributed by atoms with Crippen molar-refractivity contribution in [2.24, 2.45) is 0 Å². The summed E-state index contributed by atoms with van der Waals surface area (Å²) in [6.45, 7) is 9.97. The fourth-order valence-corrected chi connectivity index (χ4v) is 9.63. The third-order valence-electron chi connectivity index (χ3n) is 12.9. The first-order valence-corrected chi connectivity index (χ1v) is 23.3. The third kappa shape index (κ3) is 11.5. The van der Waals surface area contributed by atoms with Crippen LogP contribution in [0.5, 0.6) is 17.2 Å². The van der Waals surface area contributed by atoms with Crippen LogP contribution in [0.25, 0.3) is 16.6 Å². The van der Waals surface area contributed by atoms with Crippen molar-refractivity contribution in [1.29, 1.82) is 0 Å². The molecular formula is C51H63N7O7. The molecule has 0 saturated carbocycles. The summed E-state index contributed by atoms with van der Waals surface area (Å²) in [4.78, 5) is 51.7. The van der Waals surface area contributed by atoms with Gasteiger partial charge in [-0.3, -0.25) is 29.3 Å². The standard InChI is InChI=1S/C51H63N7O7/c1-4-63-47-17-8-7-16-45(47)58-48(53-43-15-6-5-14-42(43)50(58)60)34-55-26-28-56(29-27-55)49(59)35-64-40-21-19-37(20-22-40)33-52-24-9-10-25-57-38-12-11-13-39(57)32-41(31-38)65-51(61)54-44-30-36(2)18-23-46(44)62-3/h5-8,14-23,30,38-39,41,52H,4,9-13,24-29,31-35H2,1-3H3,(H,54,61). The molecule has 2 N–H and O–H groups in total. The molecule has 0 spiro atoms. The van der Waals surface area contributed by atoms with Gasteiger partial charge in [0.25, 0.3) is 11.5 Å². The van der Waals surface area contributed by atoms with Crippen molar-refractivity contribution >= 4 is 28.6 Å². The van der Waals surface area contributed by atoms with E-state index < -0.39 is 6.09 Å². The van der Waals surface area contributed by atoms with E-state index >= 15 is 0 Å². The second-order valence-electron chi connectivity index (χ2n) is 17.4. The smallest absolute Gasteiger partial charge is 0.412 e. The van der Waals surface area contributed by atoms with Crippen LogP contribution in [0.3, 0.4) is 0 Å². The fourth-order valence-electron chi connectivity index (χ4n) is 9.63. The number of benzene rings is 4. The molecule has 344 valence electrons. The topological polar surface area (TPSA) is 140 Å². The molecule has 3 saturated heterocycles. The van der Waals surface area contributed by atoms with Gasteiger partial charge in [0.1, 0.15) is 29.2 Å². The molecule has 2 bridgehead atoms. The number of methoxy groups -OCH3 is 1. The summed E-state index contributed by atoms with van der Waals surface area (Å²) < 4.78 is 24.9. The largest absolute Gasteiger partial charge is 0.495 e. The Hall–Kier alpha value is -5.96. The van der Waals surface area contributed by atoms with Crippen LogP contribution >= 0.6 is 0 Å². The van der Waals surface area contributed by atoms with Gasteiger partial charge in [-0.15, -0.1) is 0 Å². The number of anilines is 1. The quantitative estimate of drug-likeness (QED) is 0.0856. The Kier molecular flexibility index (Phi) is 15.3. The summed E-state index contributed by atoms with van der Waals surface area (Å²) in [6, 6.07) is 29.5. The average Bonchev–Trinajstić information content (AvgIpc) is 3.30. The van der Waals surface area contributed by atoms with E-state index in [1.165, 1.54) is 6.42 Å². The fraction of sp³-hybridized carbons (Fsp3) is 0.451. The molecule has 2 atom stereocenters. The number of unbranched alkanes of at least 4 members (excludes halogenated alkanes) is 1. The lowest BCUT2D eigenvalue weighted by Crippen LogP contribution is -2.54. The summed E-state index contributed by atoms with van der Waals surface area (Å²) in [5.41, 5.74) is 4.02. The Morgan fingerprint density at radius 1 is 0.846 bits per heavy atom. The molecule has 5 aromatic rings. The zero-order chi connectivity index (χ0) is 45.1. The van der Waals surface area contributed by atoms with Crippen molar-refractivity contribution in [3.63, 3.8) is 0 Å². The van der Waals surface area contributed by atoms with Crippen molar-refractivity contribution in [3.05, 3.63) is 118 Å². The number of amides is 2. The van der Waals surface area contributed by atoms with Crippen molar-refractivity contribution in [3.8, 4) is 22.9 Å². The minimum absolute atomic E-state index is 0.0248. The molecule has 8 rings (SSSR count). The average molecular weight is 886 g/mol. The van der Waals surface area contributed by atoms with Gasteiger partial charge in [0.05, 0.1) is 42.5 Å². The van der Waals surface area contributed by atoms with Crippen LogP contribution in [-0.2, 0) is 22.6 Å². The number of ether oxygens (including phenoxy) is 4. The molecule has 1 aromatic heterocycles. The van der Waals surface area contributed by atoms with E-state index in [0.29, 0.717) is 96.8 Å². The maximum Gasteiger partial charge on any atom is 0.412 e. The first-order chi connectivity index (χ1) is 31.8. The van der Waals surface area contributed by atoms with E-state index in [9.17, 15) is 14.4 Å². The maximum atomic E-state index is 13.9. The number of rotatable bonds is 18. The number of piperidine rings is 2. The SMILES string of the molecule is CCOc1ccccc1-n1c(CN2CCN(C(=O)COc3ccc(CNCCCCN4C5CCCC4CC(OC(=O)Nc4cc(C)ccc4OC)C5)cc3)CC2)nc2ccccc2c1=O. The van der Waals surface area contributed by atoms with Gasteiger partial charge in [0.15, 0.2) is 6.61 Å². The molecule has 3 aliphatic heterocycles. The van der Waals surface area contributed by atoms with Gasteiger partial charge < -0.3 is 29.2 Å². The van der Waals surface area contributed by atoms with Gasteiger partial charge in [-0.1, -0.05) is 48.9 Å². The van der Waals surface area contributed by atoms with Crippen LogP contribution in [0.15, 0.2) is 95.8 Å². The van der Waals surface area contributed by atoms with Crippen molar-refractivity contribution < 1.29 is 28.5 Å². The van der Waals surface area contributed by atoms with Crippen LogP contribution < -0.4 is 30.4 Å². The van der Waals surface area contributed by atoms with Gasteiger partial charge in [0, 0.05) is 57.6 Å². The molecule has 2 unspecified atom stereocenters. The van der Waals surface area contributed by atoms with Gasteiger partial charge in [-0.05, 0) is 112 Å². The number of hydrogen-bond acceptors (Lipinski definition) is 11. The Morgan fingerprint density at radius 2 is 1.60 bits per heavy atom. The zero-order valence-corrected chi connectivity index (χ0v) is 38.0. The van der Waals surface area contributed by atoms with Crippen LogP contribution in [0.1, 0.15) is 68.8 Å². The monoisotopic (exact) mass is 885 g/mol. The number of nitrogens with one attached hydrogen (secondary N) is 2. The summed E-state index contributed by atoms with van der Waals surface area (Å²) in [5, 5.41) is 7.03. The van der Waals surface area contributed by atoms with E-state index in [4.69, 9.17) is 23.9 Å². The summed E-state index contributed by atoms with van der Waals surface area (Å²) in [6.07, 6.45) is 6.99. The number of nitrogens with zero attached hydrogens (tertiary/aromatic N) is 5. The van der Waals surface area contributed by atoms with Crippen LogP contribution in [0, 0.1) is 6.92 Å². The molecule has 4 heterocycles. The highest BCUT2D eigenvalue weighted by molar-refractivity contribution is 5.87. The van der Waals surface area contributed by atoms with E-state index in [2.05, 4.69) is 20.4 Å². The lowest BCUT2D eigenvalue weighted by molar-refractivity contribution is -0.135. The maximum absolute atomic E-state index is 13.9. The first kappa shape index (κ1) is 45.6. The predicted octanol–water partition coefficient (Wildman–Crippen LogP) is 7.33. The molecule has 14 heteroatoms. The number of fused-ring (bicyclic) bond motifs is 3. The Morgan fingerprint density at radius 3 is 2.37 bits per heavy atom. The minimum atomic E-state index is -0.417. The molecule has 0 aliphatic carbocycles. The van der Waals surface area contributed by atoms with Gasteiger partial charge >= 0.3 is 6.09 Å². The molecule has 4 aromatic carbocycles. The Bertz CT molecular complexity index is 2440. The highest BCUT2D eigenvalue weighted by Gasteiger charge is 2.39. The second kappa shape index (κ2) is 21.8. The minimum Gasteiger partial charge on any atom is -0.495 e. The number of carbonyl (C=O) groups excluding carboxylic acids is 2. The number of piperazine rings is 1. The molecule has 2 amide bonds. The second-order valence-corrected chi connectivity index (χ2v) is 17.4. The molecule has 0 radical (unpaired) electrons. The summed E-state index contributed by atoms with van der Waals surface area (Å²) in [7, 11) is 1.60. The lowest BCUT2D eigenvalue weighted by Gasteiger charge is -2.48. The van der Waals surface area contributed by atoms with E-state index in [1.807, 2.05) is 104 Å². The molecule has 3 fully saturated rings. The molecule has 14 nitrogen and oxygen atoms in total. The summed E-state index contributed by atoms with van der Waals surface area (Å²) >= 11 is 0. The number of carbonyl (C=O) groups is 2. The molecular weight excluding hydrogens is 823 g/mol. The Balaban J connectivity index is 0.731. The highest BCUT2D eigenvalue weighted by Crippen LogP contribution is 2.36. The van der Waals surface area contributed by atoms with Crippen LogP contribution in [-0.4, -0.2) is 114 Å². The number of para-hydroxylation sites is 3. The number of aryl methyl sites for hydroxylation is 1. The van der Waals surface area contributed by atoms with Crippen LogP contribution in [0.2, 0.25) is 0 Å². The normalized spacial score (nSPS) is 18.9. The van der Waals surface area contributed by atoms with Crippen molar-refractivity contribution in [2.45, 2.75) is 90.1 Å². The van der Waals surface area contributed by atoms with E-state index in [1.54, 1.807) is 17.7 Å². The first-order valence-electron chi connectivity index (χ1n) is 23.3. The van der Waals surface area contributed by atoms with Crippen LogP contribution in [0.4, 0.5) is 10.5 Å².